The lowest BCUT2D eigenvalue weighted by atomic mass is 10.1. The third-order valence-electron chi connectivity index (χ3n) is 5.11. The number of aromatic nitrogens is 2. The topological polar surface area (TPSA) is 76.5 Å². The molecule has 1 aromatic carbocycles. The molecule has 152 valence electrons. The first kappa shape index (κ1) is 19.8. The number of ether oxygens (including phenoxy) is 1. The van der Waals surface area contributed by atoms with Crippen LogP contribution in [-0.2, 0) is 16.1 Å². The van der Waals surface area contributed by atoms with Crippen LogP contribution >= 0.6 is 11.3 Å². The minimum absolute atomic E-state index is 0.0792. The van der Waals surface area contributed by atoms with Crippen LogP contribution in [0.2, 0.25) is 0 Å². The van der Waals surface area contributed by atoms with Gasteiger partial charge in [-0.1, -0.05) is 30.3 Å². The Morgan fingerprint density at radius 2 is 2.00 bits per heavy atom. The molecule has 3 heterocycles. The molecule has 0 unspecified atom stereocenters. The smallest absolute Gasteiger partial charge is 0.262 e. The van der Waals surface area contributed by atoms with E-state index in [9.17, 15) is 9.59 Å². The Labute approximate surface area is 172 Å². The normalized spacial score (nSPS) is 16.0. The molecule has 0 bridgehead atoms. The summed E-state index contributed by atoms with van der Waals surface area (Å²) in [5, 5.41) is 5.60. The van der Waals surface area contributed by atoms with Gasteiger partial charge in [-0.05, 0) is 17.0 Å². The zero-order chi connectivity index (χ0) is 20.1. The lowest BCUT2D eigenvalue weighted by Crippen LogP contribution is -2.43. The Hall–Kier alpha value is -2.55. The number of carbonyl (C=O) groups is 1. The average molecular weight is 413 g/mol. The van der Waals surface area contributed by atoms with Crippen LogP contribution in [0.4, 0.5) is 0 Å². The van der Waals surface area contributed by atoms with Crippen molar-refractivity contribution < 1.29 is 9.53 Å². The summed E-state index contributed by atoms with van der Waals surface area (Å²) in [7, 11) is 0. The van der Waals surface area contributed by atoms with E-state index in [1.54, 1.807) is 6.07 Å². The molecule has 1 saturated heterocycles. The highest BCUT2D eigenvalue weighted by Gasteiger charge is 2.20. The number of nitrogens with one attached hydrogen (secondary N) is 1. The first-order valence-corrected chi connectivity index (χ1v) is 10.7. The number of nitrogens with zero attached hydrogens (tertiary/aromatic N) is 3. The summed E-state index contributed by atoms with van der Waals surface area (Å²) in [5.74, 6) is -0.0792. The van der Waals surface area contributed by atoms with Crippen molar-refractivity contribution in [3.8, 4) is 0 Å². The van der Waals surface area contributed by atoms with E-state index in [2.05, 4.69) is 15.2 Å². The molecule has 7 nitrogen and oxygen atoms in total. The number of fused-ring (bicyclic) bond motifs is 1. The van der Waals surface area contributed by atoms with Crippen molar-refractivity contribution in [3.63, 3.8) is 0 Å². The standard InChI is InChI=1S/C21H24N4O3S/c26-19(6-8-25-15-22-20-17(21(25)27)7-13-29-20)23-18(16-4-2-1-3-5-16)14-24-9-11-28-12-10-24/h1-5,7,13,15,18H,6,8-12,14H2,(H,23,26)/t18-/m0/s1. The summed E-state index contributed by atoms with van der Waals surface area (Å²) in [6, 6.07) is 11.7. The summed E-state index contributed by atoms with van der Waals surface area (Å²) in [4.78, 5) is 32.5. The van der Waals surface area contributed by atoms with Gasteiger partial charge in [-0.3, -0.25) is 19.1 Å². The molecular weight excluding hydrogens is 388 g/mol. The number of rotatable bonds is 7. The summed E-state index contributed by atoms with van der Waals surface area (Å²) in [5.41, 5.74) is 0.975. The second-order valence-electron chi connectivity index (χ2n) is 7.08. The predicted octanol–water partition coefficient (Wildman–Crippen LogP) is 2.04. The summed E-state index contributed by atoms with van der Waals surface area (Å²) < 4.78 is 6.93. The lowest BCUT2D eigenvalue weighted by molar-refractivity contribution is -0.122. The largest absolute Gasteiger partial charge is 0.379 e. The first-order valence-electron chi connectivity index (χ1n) is 9.78. The average Bonchev–Trinajstić information content (AvgIpc) is 3.24. The van der Waals surface area contributed by atoms with Gasteiger partial charge in [-0.2, -0.15) is 0 Å². The Balaban J connectivity index is 1.41. The molecule has 1 amide bonds. The molecule has 1 aliphatic heterocycles. The first-order chi connectivity index (χ1) is 14.2. The van der Waals surface area contributed by atoms with Crippen LogP contribution < -0.4 is 10.9 Å². The van der Waals surface area contributed by atoms with E-state index in [1.807, 2.05) is 35.7 Å². The molecule has 1 N–H and O–H groups in total. The van der Waals surface area contributed by atoms with Gasteiger partial charge in [-0.25, -0.2) is 4.98 Å². The van der Waals surface area contributed by atoms with Crippen LogP contribution in [0.15, 0.2) is 52.9 Å². The van der Waals surface area contributed by atoms with E-state index in [1.165, 1.54) is 22.2 Å². The van der Waals surface area contributed by atoms with Crippen molar-refractivity contribution in [2.45, 2.75) is 19.0 Å². The highest BCUT2D eigenvalue weighted by molar-refractivity contribution is 7.16. The quantitative estimate of drug-likeness (QED) is 0.643. The van der Waals surface area contributed by atoms with E-state index in [0.717, 1.165) is 43.2 Å². The van der Waals surface area contributed by atoms with Gasteiger partial charge in [0.05, 0.1) is 31.0 Å². The lowest BCUT2D eigenvalue weighted by Gasteiger charge is -2.31. The highest BCUT2D eigenvalue weighted by Crippen LogP contribution is 2.16. The van der Waals surface area contributed by atoms with Crippen molar-refractivity contribution in [2.24, 2.45) is 0 Å². The van der Waals surface area contributed by atoms with Crippen LogP contribution in [0.5, 0.6) is 0 Å². The van der Waals surface area contributed by atoms with Gasteiger partial charge < -0.3 is 10.1 Å². The van der Waals surface area contributed by atoms with Crippen molar-refractivity contribution in [1.29, 1.82) is 0 Å². The molecule has 1 fully saturated rings. The molecule has 29 heavy (non-hydrogen) atoms. The molecule has 0 saturated carbocycles. The van der Waals surface area contributed by atoms with Crippen LogP contribution in [0.1, 0.15) is 18.0 Å². The zero-order valence-electron chi connectivity index (χ0n) is 16.1. The SMILES string of the molecule is O=C(CCn1cnc2sccc2c1=O)N[C@@H](CN1CCOCC1)c1ccccc1. The van der Waals surface area contributed by atoms with Crippen molar-refractivity contribution in [1.82, 2.24) is 19.8 Å². The van der Waals surface area contributed by atoms with E-state index in [4.69, 9.17) is 4.74 Å². The Bertz CT molecular complexity index is 1010. The Morgan fingerprint density at radius 3 is 2.79 bits per heavy atom. The van der Waals surface area contributed by atoms with Gasteiger partial charge in [0.2, 0.25) is 5.91 Å². The third kappa shape index (κ3) is 4.90. The van der Waals surface area contributed by atoms with Gasteiger partial charge in [0.15, 0.2) is 0 Å². The fraction of sp³-hybridized carbons (Fsp3) is 0.381. The van der Waals surface area contributed by atoms with Crippen molar-refractivity contribution in [3.05, 3.63) is 64.0 Å². The van der Waals surface area contributed by atoms with Gasteiger partial charge in [-0.15, -0.1) is 11.3 Å². The summed E-state index contributed by atoms with van der Waals surface area (Å²) >= 11 is 1.44. The molecule has 0 spiro atoms. The molecule has 8 heteroatoms. The van der Waals surface area contributed by atoms with Crippen LogP contribution in [0, 0.1) is 0 Å². The Kier molecular flexibility index (Phi) is 6.33. The minimum Gasteiger partial charge on any atom is -0.379 e. The minimum atomic E-state index is -0.101. The maximum absolute atomic E-state index is 12.7. The summed E-state index contributed by atoms with van der Waals surface area (Å²) in [6.45, 7) is 4.21. The number of carbonyl (C=O) groups excluding carboxylic acids is 1. The van der Waals surface area contributed by atoms with E-state index >= 15 is 0 Å². The van der Waals surface area contributed by atoms with Gasteiger partial charge in [0.25, 0.3) is 5.56 Å². The third-order valence-corrected chi connectivity index (χ3v) is 5.93. The van der Waals surface area contributed by atoms with E-state index < -0.39 is 0 Å². The molecule has 2 aromatic heterocycles. The molecule has 4 rings (SSSR count). The van der Waals surface area contributed by atoms with Crippen LogP contribution in [-0.4, -0.2) is 53.2 Å². The fourth-order valence-electron chi connectivity index (χ4n) is 3.50. The zero-order valence-corrected chi connectivity index (χ0v) is 16.9. The molecule has 0 radical (unpaired) electrons. The number of thiophene rings is 1. The number of morpholine rings is 1. The summed E-state index contributed by atoms with van der Waals surface area (Å²) in [6.07, 6.45) is 1.75. The van der Waals surface area contributed by atoms with Gasteiger partial charge in [0, 0.05) is 32.6 Å². The highest BCUT2D eigenvalue weighted by atomic mass is 32.1. The number of amides is 1. The van der Waals surface area contributed by atoms with Gasteiger partial charge in [0.1, 0.15) is 4.83 Å². The molecule has 0 aliphatic carbocycles. The van der Waals surface area contributed by atoms with Gasteiger partial charge >= 0.3 is 0 Å². The molecule has 3 aromatic rings. The number of hydrogen-bond acceptors (Lipinski definition) is 6. The number of aryl methyl sites for hydroxylation is 1. The predicted molar refractivity (Wildman–Crippen MR) is 113 cm³/mol. The number of hydrogen-bond donors (Lipinski definition) is 1. The molecular formula is C21H24N4O3S. The maximum Gasteiger partial charge on any atom is 0.262 e. The van der Waals surface area contributed by atoms with E-state index in [0.29, 0.717) is 11.9 Å². The van der Waals surface area contributed by atoms with Crippen molar-refractivity contribution >= 4 is 27.5 Å². The second kappa shape index (κ2) is 9.30. The van der Waals surface area contributed by atoms with Crippen molar-refractivity contribution in [2.75, 3.05) is 32.8 Å². The second-order valence-corrected chi connectivity index (χ2v) is 7.97. The van der Waals surface area contributed by atoms with Crippen LogP contribution in [0.25, 0.3) is 10.2 Å². The van der Waals surface area contributed by atoms with Crippen LogP contribution in [0.3, 0.4) is 0 Å². The molecule has 1 atom stereocenters. The number of benzene rings is 1. The van der Waals surface area contributed by atoms with E-state index in [-0.39, 0.29) is 23.9 Å². The maximum atomic E-state index is 12.7. The molecule has 1 aliphatic rings. The fourth-order valence-corrected chi connectivity index (χ4v) is 4.23. The Morgan fingerprint density at radius 1 is 1.21 bits per heavy atom. The monoisotopic (exact) mass is 412 g/mol.